The van der Waals surface area contributed by atoms with Gasteiger partial charge in [-0.25, -0.2) is 0 Å². The van der Waals surface area contributed by atoms with Crippen molar-refractivity contribution >= 4 is 15.9 Å². The summed E-state index contributed by atoms with van der Waals surface area (Å²) in [5.74, 6) is 0.758. The summed E-state index contributed by atoms with van der Waals surface area (Å²) < 4.78 is 1.14. The molecule has 0 bridgehead atoms. The standard InChI is InChI=1S/C18H29BrN2/c1-5-21-12-6-7-15(13-21)14(2)20-18(3,4)16-8-10-17(19)11-9-16/h8-11,14-15,20H,5-7,12-13H2,1-4H3. The van der Waals surface area contributed by atoms with Crippen molar-refractivity contribution in [3.63, 3.8) is 0 Å². The third-order valence-corrected chi connectivity index (χ3v) is 5.38. The van der Waals surface area contributed by atoms with E-state index in [1.54, 1.807) is 0 Å². The number of piperidine rings is 1. The van der Waals surface area contributed by atoms with Crippen LogP contribution in [0.5, 0.6) is 0 Å². The molecule has 21 heavy (non-hydrogen) atoms. The van der Waals surface area contributed by atoms with E-state index in [9.17, 15) is 0 Å². The fourth-order valence-electron chi connectivity index (χ4n) is 3.42. The summed E-state index contributed by atoms with van der Waals surface area (Å²) in [5.41, 5.74) is 1.36. The normalized spacial score (nSPS) is 22.2. The summed E-state index contributed by atoms with van der Waals surface area (Å²) in [5, 5.41) is 3.86. The monoisotopic (exact) mass is 352 g/mol. The number of halogens is 1. The maximum absolute atomic E-state index is 3.86. The van der Waals surface area contributed by atoms with E-state index in [2.05, 4.69) is 78.1 Å². The van der Waals surface area contributed by atoms with Gasteiger partial charge in [-0.2, -0.15) is 0 Å². The molecule has 1 heterocycles. The Morgan fingerprint density at radius 3 is 2.62 bits per heavy atom. The van der Waals surface area contributed by atoms with Crippen molar-refractivity contribution in [1.82, 2.24) is 10.2 Å². The molecule has 3 heteroatoms. The smallest absolute Gasteiger partial charge is 0.0379 e. The largest absolute Gasteiger partial charge is 0.305 e. The Bertz CT molecular complexity index is 441. The van der Waals surface area contributed by atoms with E-state index in [4.69, 9.17) is 0 Å². The first-order valence-electron chi connectivity index (χ1n) is 8.18. The average molecular weight is 353 g/mol. The molecule has 2 nitrogen and oxygen atoms in total. The van der Waals surface area contributed by atoms with Crippen molar-refractivity contribution in [2.75, 3.05) is 19.6 Å². The fourth-order valence-corrected chi connectivity index (χ4v) is 3.69. The summed E-state index contributed by atoms with van der Waals surface area (Å²) >= 11 is 3.51. The number of rotatable bonds is 5. The van der Waals surface area contributed by atoms with E-state index >= 15 is 0 Å². The molecule has 0 amide bonds. The van der Waals surface area contributed by atoms with E-state index in [-0.39, 0.29) is 5.54 Å². The molecule has 1 aromatic carbocycles. The lowest BCUT2D eigenvalue weighted by Gasteiger charge is -2.39. The van der Waals surface area contributed by atoms with Crippen LogP contribution in [0.2, 0.25) is 0 Å². The number of hydrogen-bond acceptors (Lipinski definition) is 2. The number of likely N-dealkylation sites (tertiary alicyclic amines) is 1. The van der Waals surface area contributed by atoms with E-state index in [1.807, 2.05) is 0 Å². The Morgan fingerprint density at radius 2 is 2.00 bits per heavy atom. The van der Waals surface area contributed by atoms with Gasteiger partial charge in [0.05, 0.1) is 0 Å². The first-order chi connectivity index (χ1) is 9.92. The van der Waals surface area contributed by atoms with Crippen LogP contribution in [0.4, 0.5) is 0 Å². The molecular weight excluding hydrogens is 324 g/mol. The van der Waals surface area contributed by atoms with Crippen LogP contribution in [0.3, 0.4) is 0 Å². The molecule has 2 unspecified atom stereocenters. The molecule has 118 valence electrons. The van der Waals surface area contributed by atoms with E-state index in [1.165, 1.54) is 38.0 Å². The van der Waals surface area contributed by atoms with E-state index < -0.39 is 0 Å². The average Bonchev–Trinajstić information content (AvgIpc) is 2.47. The van der Waals surface area contributed by atoms with Gasteiger partial charge in [0.2, 0.25) is 0 Å². The minimum atomic E-state index is 0.00854. The molecule has 1 aliphatic heterocycles. The number of nitrogens with zero attached hydrogens (tertiary/aromatic N) is 1. The molecule has 1 aliphatic rings. The molecule has 0 radical (unpaired) electrons. The van der Waals surface area contributed by atoms with Gasteiger partial charge in [-0.05, 0) is 70.3 Å². The van der Waals surface area contributed by atoms with Gasteiger partial charge in [0, 0.05) is 22.6 Å². The van der Waals surface area contributed by atoms with Crippen LogP contribution in [-0.2, 0) is 5.54 Å². The van der Waals surface area contributed by atoms with Crippen molar-refractivity contribution in [3.05, 3.63) is 34.3 Å². The van der Waals surface area contributed by atoms with E-state index in [0.717, 1.165) is 10.4 Å². The molecule has 1 aromatic rings. The van der Waals surface area contributed by atoms with Crippen molar-refractivity contribution < 1.29 is 0 Å². The van der Waals surface area contributed by atoms with Crippen molar-refractivity contribution in [2.24, 2.45) is 5.92 Å². The van der Waals surface area contributed by atoms with Crippen LogP contribution in [0.15, 0.2) is 28.7 Å². The van der Waals surface area contributed by atoms with Gasteiger partial charge < -0.3 is 10.2 Å². The van der Waals surface area contributed by atoms with Crippen LogP contribution in [0, 0.1) is 5.92 Å². The van der Waals surface area contributed by atoms with Crippen molar-refractivity contribution in [2.45, 2.75) is 52.1 Å². The van der Waals surface area contributed by atoms with E-state index in [0.29, 0.717) is 6.04 Å². The Kier molecular flexibility index (Phi) is 5.87. The van der Waals surface area contributed by atoms with Gasteiger partial charge >= 0.3 is 0 Å². The van der Waals surface area contributed by atoms with Crippen LogP contribution in [0.25, 0.3) is 0 Å². The maximum atomic E-state index is 3.86. The maximum Gasteiger partial charge on any atom is 0.0379 e. The molecule has 2 atom stereocenters. The Labute approximate surface area is 138 Å². The van der Waals surface area contributed by atoms with Crippen molar-refractivity contribution in [1.29, 1.82) is 0 Å². The zero-order valence-corrected chi connectivity index (χ0v) is 15.4. The molecule has 1 saturated heterocycles. The zero-order chi connectivity index (χ0) is 15.5. The SMILES string of the molecule is CCN1CCCC(C(C)NC(C)(C)c2ccc(Br)cc2)C1. The molecule has 0 saturated carbocycles. The first kappa shape index (κ1) is 17.0. The summed E-state index contributed by atoms with van der Waals surface area (Å²) in [4.78, 5) is 2.58. The molecular formula is C18H29BrN2. The fraction of sp³-hybridized carbons (Fsp3) is 0.667. The third-order valence-electron chi connectivity index (χ3n) is 4.85. The summed E-state index contributed by atoms with van der Waals surface area (Å²) in [7, 11) is 0. The highest BCUT2D eigenvalue weighted by molar-refractivity contribution is 9.10. The second-order valence-corrected chi connectivity index (χ2v) is 7.78. The first-order valence-corrected chi connectivity index (χ1v) is 8.97. The molecule has 1 N–H and O–H groups in total. The second-order valence-electron chi connectivity index (χ2n) is 6.86. The number of hydrogen-bond donors (Lipinski definition) is 1. The zero-order valence-electron chi connectivity index (χ0n) is 13.8. The highest BCUT2D eigenvalue weighted by Gasteiger charge is 2.29. The number of nitrogens with one attached hydrogen (secondary N) is 1. The predicted molar refractivity (Wildman–Crippen MR) is 94.6 cm³/mol. The van der Waals surface area contributed by atoms with Crippen LogP contribution < -0.4 is 5.32 Å². The summed E-state index contributed by atoms with van der Waals surface area (Å²) in [6.45, 7) is 12.9. The summed E-state index contributed by atoms with van der Waals surface area (Å²) in [6, 6.07) is 9.22. The minimum absolute atomic E-state index is 0.00854. The lowest BCUT2D eigenvalue weighted by Crippen LogP contribution is -2.50. The second kappa shape index (κ2) is 7.26. The van der Waals surface area contributed by atoms with Crippen LogP contribution in [0.1, 0.15) is 46.1 Å². The number of benzene rings is 1. The lowest BCUT2D eigenvalue weighted by atomic mass is 9.87. The lowest BCUT2D eigenvalue weighted by molar-refractivity contribution is 0.144. The van der Waals surface area contributed by atoms with Gasteiger partial charge in [0.1, 0.15) is 0 Å². The Morgan fingerprint density at radius 1 is 1.33 bits per heavy atom. The highest BCUT2D eigenvalue weighted by atomic mass is 79.9. The molecule has 2 rings (SSSR count). The van der Waals surface area contributed by atoms with Gasteiger partial charge in [-0.3, -0.25) is 0 Å². The van der Waals surface area contributed by atoms with Gasteiger partial charge in [-0.1, -0.05) is 35.0 Å². The van der Waals surface area contributed by atoms with Gasteiger partial charge in [-0.15, -0.1) is 0 Å². The predicted octanol–water partition coefficient (Wildman–Crippen LogP) is 4.39. The van der Waals surface area contributed by atoms with Crippen LogP contribution >= 0.6 is 15.9 Å². The Balaban J connectivity index is 2.00. The third kappa shape index (κ3) is 4.54. The minimum Gasteiger partial charge on any atom is -0.305 e. The van der Waals surface area contributed by atoms with Crippen molar-refractivity contribution in [3.8, 4) is 0 Å². The molecule has 0 spiro atoms. The topological polar surface area (TPSA) is 15.3 Å². The molecule has 0 aliphatic carbocycles. The molecule has 0 aromatic heterocycles. The summed E-state index contributed by atoms with van der Waals surface area (Å²) in [6.07, 6.45) is 2.68. The van der Waals surface area contributed by atoms with Crippen LogP contribution in [-0.4, -0.2) is 30.6 Å². The molecule has 1 fully saturated rings. The quantitative estimate of drug-likeness (QED) is 0.844. The Hall–Kier alpha value is -0.380. The highest BCUT2D eigenvalue weighted by Crippen LogP contribution is 2.26. The van der Waals surface area contributed by atoms with Gasteiger partial charge in [0.25, 0.3) is 0 Å². The van der Waals surface area contributed by atoms with Gasteiger partial charge in [0.15, 0.2) is 0 Å².